The monoisotopic (exact) mass is 393 g/mol. The second-order valence-electron chi connectivity index (χ2n) is 6.29. The van der Waals surface area contributed by atoms with Crippen molar-refractivity contribution in [1.82, 2.24) is 24.1 Å². The van der Waals surface area contributed by atoms with Gasteiger partial charge in [0.2, 0.25) is 5.95 Å². The quantitative estimate of drug-likeness (QED) is 0.394. The van der Waals surface area contributed by atoms with E-state index in [-0.39, 0.29) is 29.5 Å². The van der Waals surface area contributed by atoms with Crippen LogP contribution < -0.4 is 16.7 Å². The number of aromatic amines is 1. The molecule has 0 radical (unpaired) electrons. The molecular weight excluding hydrogens is 377 g/mol. The van der Waals surface area contributed by atoms with Crippen molar-refractivity contribution in [3.63, 3.8) is 0 Å². The molecule has 3 aromatic heterocycles. The molecule has 0 saturated heterocycles. The Kier molecular flexibility index (Phi) is 4.73. The van der Waals surface area contributed by atoms with Crippen molar-refractivity contribution in [2.75, 3.05) is 5.43 Å². The lowest BCUT2D eigenvalue weighted by molar-refractivity contribution is 0.626. The molecule has 0 saturated carbocycles. The van der Waals surface area contributed by atoms with E-state index in [2.05, 4.69) is 25.5 Å². The Morgan fingerprint density at radius 1 is 1.24 bits per heavy atom. The molecule has 10 heteroatoms. The standard InChI is InChI=1S/C19H16FN7O2/c1-26-16-15(17(28)24-19(26)29)27(11-12-4-6-14(20)7-5-12)18(23-16)25-22-10-13-3-2-8-21-9-13/h2-10H,11H2,1H3,(H,23,25)(H,24,28,29). The van der Waals surface area contributed by atoms with Gasteiger partial charge in [0.05, 0.1) is 12.8 Å². The van der Waals surface area contributed by atoms with E-state index in [4.69, 9.17) is 0 Å². The third-order valence-electron chi connectivity index (χ3n) is 4.32. The average Bonchev–Trinajstić information content (AvgIpc) is 3.08. The van der Waals surface area contributed by atoms with E-state index in [1.54, 1.807) is 41.4 Å². The molecule has 4 aromatic rings. The van der Waals surface area contributed by atoms with Gasteiger partial charge in [0, 0.05) is 25.0 Å². The van der Waals surface area contributed by atoms with Gasteiger partial charge in [-0.3, -0.25) is 23.9 Å². The zero-order valence-corrected chi connectivity index (χ0v) is 15.3. The number of aryl methyl sites for hydroxylation is 1. The Morgan fingerprint density at radius 2 is 2.03 bits per heavy atom. The van der Waals surface area contributed by atoms with Gasteiger partial charge in [-0.15, -0.1) is 0 Å². The van der Waals surface area contributed by atoms with Gasteiger partial charge in [-0.1, -0.05) is 18.2 Å². The first-order valence-corrected chi connectivity index (χ1v) is 8.66. The first-order valence-electron chi connectivity index (χ1n) is 8.66. The van der Waals surface area contributed by atoms with Gasteiger partial charge < -0.3 is 0 Å². The molecule has 2 N–H and O–H groups in total. The summed E-state index contributed by atoms with van der Waals surface area (Å²) in [5, 5.41) is 4.15. The minimum atomic E-state index is -0.570. The number of halogens is 1. The van der Waals surface area contributed by atoms with Crippen LogP contribution in [-0.2, 0) is 13.6 Å². The van der Waals surface area contributed by atoms with E-state index in [1.165, 1.54) is 23.7 Å². The first-order chi connectivity index (χ1) is 14.0. The summed E-state index contributed by atoms with van der Waals surface area (Å²) in [7, 11) is 1.51. The fraction of sp³-hybridized carbons (Fsp3) is 0.105. The van der Waals surface area contributed by atoms with Gasteiger partial charge in [0.25, 0.3) is 5.56 Å². The highest BCUT2D eigenvalue weighted by molar-refractivity contribution is 5.80. The van der Waals surface area contributed by atoms with Gasteiger partial charge in [0.15, 0.2) is 11.2 Å². The predicted molar refractivity (Wildman–Crippen MR) is 107 cm³/mol. The van der Waals surface area contributed by atoms with E-state index < -0.39 is 11.2 Å². The summed E-state index contributed by atoms with van der Waals surface area (Å²) < 4.78 is 16.1. The third kappa shape index (κ3) is 3.68. The number of rotatable bonds is 5. The number of H-pyrrole nitrogens is 1. The molecule has 0 bridgehead atoms. The predicted octanol–water partition coefficient (Wildman–Crippen LogP) is 1.45. The number of nitrogens with zero attached hydrogens (tertiary/aromatic N) is 5. The topological polar surface area (TPSA) is 110 Å². The number of anilines is 1. The highest BCUT2D eigenvalue weighted by atomic mass is 19.1. The Bertz CT molecular complexity index is 1300. The van der Waals surface area contributed by atoms with Crippen molar-refractivity contribution >= 4 is 23.3 Å². The molecule has 146 valence electrons. The van der Waals surface area contributed by atoms with E-state index in [0.717, 1.165) is 11.1 Å². The molecule has 0 aliphatic heterocycles. The number of hydrogen-bond acceptors (Lipinski definition) is 6. The fourth-order valence-corrected chi connectivity index (χ4v) is 2.86. The van der Waals surface area contributed by atoms with Gasteiger partial charge in [0.1, 0.15) is 5.82 Å². The Hall–Kier alpha value is -4.08. The number of fused-ring (bicyclic) bond motifs is 1. The van der Waals surface area contributed by atoms with E-state index in [0.29, 0.717) is 0 Å². The number of nitrogens with one attached hydrogen (secondary N) is 2. The molecule has 9 nitrogen and oxygen atoms in total. The minimum Gasteiger partial charge on any atom is -0.298 e. The lowest BCUT2D eigenvalue weighted by Gasteiger charge is -2.08. The van der Waals surface area contributed by atoms with Crippen LogP contribution in [0.1, 0.15) is 11.1 Å². The maximum absolute atomic E-state index is 13.2. The van der Waals surface area contributed by atoms with Crippen LogP contribution in [0.2, 0.25) is 0 Å². The van der Waals surface area contributed by atoms with E-state index >= 15 is 0 Å². The Morgan fingerprint density at radius 3 is 2.76 bits per heavy atom. The van der Waals surface area contributed by atoms with Crippen LogP contribution >= 0.6 is 0 Å². The normalized spacial score (nSPS) is 11.4. The zero-order valence-electron chi connectivity index (χ0n) is 15.3. The number of aromatic nitrogens is 5. The molecule has 0 unspecified atom stereocenters. The van der Waals surface area contributed by atoms with Gasteiger partial charge in [-0.25, -0.2) is 14.6 Å². The third-order valence-corrected chi connectivity index (χ3v) is 4.32. The van der Waals surface area contributed by atoms with Crippen molar-refractivity contribution in [2.45, 2.75) is 6.54 Å². The van der Waals surface area contributed by atoms with Crippen LogP contribution in [0.3, 0.4) is 0 Å². The van der Waals surface area contributed by atoms with Crippen LogP contribution in [0.5, 0.6) is 0 Å². The summed E-state index contributed by atoms with van der Waals surface area (Å²) in [5.41, 5.74) is 3.60. The Labute approximate surface area is 163 Å². The molecule has 0 fully saturated rings. The lowest BCUT2D eigenvalue weighted by Crippen LogP contribution is -2.29. The highest BCUT2D eigenvalue weighted by Crippen LogP contribution is 2.18. The van der Waals surface area contributed by atoms with Crippen molar-refractivity contribution in [3.05, 3.63) is 86.6 Å². The fourth-order valence-electron chi connectivity index (χ4n) is 2.86. The minimum absolute atomic E-state index is 0.204. The van der Waals surface area contributed by atoms with Crippen LogP contribution in [0.15, 0.2) is 63.5 Å². The second-order valence-corrected chi connectivity index (χ2v) is 6.29. The smallest absolute Gasteiger partial charge is 0.298 e. The van der Waals surface area contributed by atoms with E-state index in [9.17, 15) is 14.0 Å². The van der Waals surface area contributed by atoms with Crippen LogP contribution in [0.4, 0.5) is 10.3 Å². The molecule has 1 aromatic carbocycles. The number of benzene rings is 1. The summed E-state index contributed by atoms with van der Waals surface area (Å²) in [4.78, 5) is 35.0. The molecular formula is C19H16FN7O2. The zero-order chi connectivity index (χ0) is 20.4. The summed E-state index contributed by atoms with van der Waals surface area (Å²) in [5.74, 6) is -0.0972. The summed E-state index contributed by atoms with van der Waals surface area (Å²) in [6, 6.07) is 9.50. The molecule has 3 heterocycles. The van der Waals surface area contributed by atoms with Gasteiger partial charge >= 0.3 is 5.69 Å². The largest absolute Gasteiger partial charge is 0.329 e. The SMILES string of the molecule is Cn1c(=O)[nH]c(=O)c2c1nc(NN=Cc1cccnc1)n2Cc1ccc(F)cc1. The van der Waals surface area contributed by atoms with Crippen molar-refractivity contribution in [1.29, 1.82) is 0 Å². The molecule has 0 atom stereocenters. The van der Waals surface area contributed by atoms with Gasteiger partial charge in [-0.05, 0) is 23.8 Å². The molecule has 0 aliphatic carbocycles. The van der Waals surface area contributed by atoms with Crippen molar-refractivity contribution in [2.24, 2.45) is 12.1 Å². The first kappa shape index (κ1) is 18.3. The Balaban J connectivity index is 1.79. The number of imidazole rings is 1. The maximum Gasteiger partial charge on any atom is 0.329 e. The van der Waals surface area contributed by atoms with Gasteiger partial charge in [-0.2, -0.15) is 10.1 Å². The number of pyridine rings is 1. The molecule has 0 amide bonds. The molecule has 29 heavy (non-hydrogen) atoms. The number of hydrogen-bond donors (Lipinski definition) is 2. The average molecular weight is 393 g/mol. The summed E-state index contributed by atoms with van der Waals surface area (Å²) in [6.07, 6.45) is 4.85. The van der Waals surface area contributed by atoms with Crippen molar-refractivity contribution < 1.29 is 4.39 Å². The van der Waals surface area contributed by atoms with Crippen LogP contribution in [0, 0.1) is 5.82 Å². The molecule has 4 rings (SSSR count). The van der Waals surface area contributed by atoms with E-state index in [1.807, 2.05) is 6.07 Å². The number of hydrazone groups is 1. The highest BCUT2D eigenvalue weighted by Gasteiger charge is 2.17. The lowest BCUT2D eigenvalue weighted by atomic mass is 10.2. The maximum atomic E-state index is 13.2. The van der Waals surface area contributed by atoms with Crippen molar-refractivity contribution in [3.8, 4) is 0 Å². The second kappa shape index (κ2) is 7.50. The summed E-state index contributed by atoms with van der Waals surface area (Å²) >= 11 is 0. The summed E-state index contributed by atoms with van der Waals surface area (Å²) in [6.45, 7) is 0.225. The molecule has 0 spiro atoms. The van der Waals surface area contributed by atoms with Crippen LogP contribution in [-0.4, -0.2) is 30.3 Å². The molecule has 0 aliphatic rings. The van der Waals surface area contributed by atoms with Crippen LogP contribution in [0.25, 0.3) is 11.2 Å².